The second-order valence-corrected chi connectivity index (χ2v) is 6.64. The maximum Gasteiger partial charge on any atom is 0.306 e. The highest BCUT2D eigenvalue weighted by Crippen LogP contribution is 2.27. The molecule has 1 saturated heterocycles. The van der Waals surface area contributed by atoms with E-state index in [0.29, 0.717) is 25.3 Å². The molecule has 1 N–H and O–H groups in total. The van der Waals surface area contributed by atoms with Crippen LogP contribution in [0.4, 0.5) is 0 Å². The molecule has 0 aliphatic carbocycles. The summed E-state index contributed by atoms with van der Waals surface area (Å²) in [5, 5.41) is 8.87. The molecule has 1 aliphatic rings. The van der Waals surface area contributed by atoms with E-state index in [1.54, 1.807) is 4.90 Å². The van der Waals surface area contributed by atoms with Gasteiger partial charge in [-0.1, -0.05) is 39.0 Å². The van der Waals surface area contributed by atoms with Gasteiger partial charge in [0.2, 0.25) is 0 Å². The van der Waals surface area contributed by atoms with Crippen molar-refractivity contribution >= 4 is 11.9 Å². The predicted octanol–water partition coefficient (Wildman–Crippen LogP) is 2.30. The fourth-order valence-corrected chi connectivity index (χ4v) is 2.72. The minimum atomic E-state index is -0.908. The summed E-state index contributed by atoms with van der Waals surface area (Å²) in [5.74, 6) is -0.960. The Labute approximate surface area is 130 Å². The van der Waals surface area contributed by atoms with E-state index in [4.69, 9.17) is 9.84 Å². The Morgan fingerprint density at radius 3 is 2.64 bits per heavy atom. The Balaban J connectivity index is 2.20. The summed E-state index contributed by atoms with van der Waals surface area (Å²) in [6.45, 7) is 7.42. The van der Waals surface area contributed by atoms with Gasteiger partial charge in [-0.25, -0.2) is 0 Å². The molecule has 1 heterocycles. The minimum absolute atomic E-state index is 0.0517. The lowest BCUT2D eigenvalue weighted by Gasteiger charge is -2.33. The number of carbonyl (C=O) groups excluding carboxylic acids is 1. The Hall–Kier alpha value is -1.88. The first-order valence-electron chi connectivity index (χ1n) is 7.51. The molecule has 5 heteroatoms. The molecule has 0 radical (unpaired) electrons. The van der Waals surface area contributed by atoms with Crippen LogP contribution in [0, 0.1) is 0 Å². The number of carbonyl (C=O) groups is 2. The number of nitrogens with zero attached hydrogens (tertiary/aromatic N) is 1. The number of morpholine rings is 1. The third kappa shape index (κ3) is 3.85. The van der Waals surface area contributed by atoms with Crippen molar-refractivity contribution in [1.82, 2.24) is 4.90 Å². The average molecular weight is 305 g/mol. The van der Waals surface area contributed by atoms with Crippen molar-refractivity contribution in [1.29, 1.82) is 0 Å². The number of carboxylic acids is 1. The van der Waals surface area contributed by atoms with Crippen LogP contribution in [0.3, 0.4) is 0 Å². The van der Waals surface area contributed by atoms with Gasteiger partial charge >= 0.3 is 5.97 Å². The lowest BCUT2D eigenvalue weighted by atomic mass is 9.83. The van der Waals surface area contributed by atoms with Crippen molar-refractivity contribution < 1.29 is 19.4 Å². The highest BCUT2D eigenvalue weighted by Gasteiger charge is 2.29. The zero-order valence-electron chi connectivity index (χ0n) is 13.3. The van der Waals surface area contributed by atoms with Crippen molar-refractivity contribution in [3.63, 3.8) is 0 Å². The molecule has 1 aliphatic heterocycles. The van der Waals surface area contributed by atoms with Crippen LogP contribution in [0.15, 0.2) is 24.3 Å². The van der Waals surface area contributed by atoms with Gasteiger partial charge in [0.05, 0.1) is 19.1 Å². The highest BCUT2D eigenvalue weighted by molar-refractivity contribution is 5.96. The summed E-state index contributed by atoms with van der Waals surface area (Å²) in [6, 6.07) is 7.61. The number of hydrogen-bond donors (Lipinski definition) is 1. The van der Waals surface area contributed by atoms with Gasteiger partial charge in [-0.2, -0.15) is 0 Å². The first-order chi connectivity index (χ1) is 10.3. The van der Waals surface area contributed by atoms with Gasteiger partial charge in [0, 0.05) is 18.7 Å². The van der Waals surface area contributed by atoms with Gasteiger partial charge in [0.15, 0.2) is 0 Å². The summed E-state index contributed by atoms with van der Waals surface area (Å²) < 4.78 is 5.43. The van der Waals surface area contributed by atoms with Gasteiger partial charge in [0.1, 0.15) is 0 Å². The molecule has 120 valence electrons. The molecular formula is C17H23NO4. The van der Waals surface area contributed by atoms with Gasteiger partial charge in [0.25, 0.3) is 5.91 Å². The van der Waals surface area contributed by atoms with E-state index in [9.17, 15) is 9.59 Å². The molecule has 22 heavy (non-hydrogen) atoms. The molecule has 1 atom stereocenters. The third-order valence-electron chi connectivity index (χ3n) is 3.79. The van der Waals surface area contributed by atoms with E-state index >= 15 is 0 Å². The lowest BCUT2D eigenvalue weighted by molar-refractivity contribution is -0.141. The molecule has 1 fully saturated rings. The zero-order valence-corrected chi connectivity index (χ0v) is 13.3. The standard InChI is InChI=1S/C17H23NO4/c1-17(2,3)14-7-5-4-6-13(14)16(21)18-8-9-22-12(11-18)10-15(19)20/h4-7,12H,8-11H2,1-3H3,(H,19,20)/t12-/m0/s1. The average Bonchev–Trinajstić information content (AvgIpc) is 2.45. The number of hydrogen-bond acceptors (Lipinski definition) is 3. The number of amides is 1. The monoisotopic (exact) mass is 305 g/mol. The van der Waals surface area contributed by atoms with Crippen molar-refractivity contribution in [3.8, 4) is 0 Å². The molecule has 0 spiro atoms. The molecular weight excluding hydrogens is 282 g/mol. The topological polar surface area (TPSA) is 66.8 Å². The number of carboxylic acid groups (broad SMARTS) is 1. The minimum Gasteiger partial charge on any atom is -0.481 e. The first-order valence-corrected chi connectivity index (χ1v) is 7.51. The largest absolute Gasteiger partial charge is 0.481 e. The van der Waals surface area contributed by atoms with E-state index in [-0.39, 0.29) is 17.7 Å². The van der Waals surface area contributed by atoms with Crippen molar-refractivity contribution in [2.45, 2.75) is 38.7 Å². The maximum atomic E-state index is 12.8. The van der Waals surface area contributed by atoms with Crippen LogP contribution in [0.1, 0.15) is 43.1 Å². The Morgan fingerprint density at radius 2 is 2.00 bits per heavy atom. The molecule has 0 saturated carbocycles. The summed E-state index contributed by atoms with van der Waals surface area (Å²) in [5.41, 5.74) is 1.56. The van der Waals surface area contributed by atoms with Crippen LogP contribution in [-0.2, 0) is 14.9 Å². The molecule has 1 amide bonds. The maximum absolute atomic E-state index is 12.8. The molecule has 0 bridgehead atoms. The van der Waals surface area contributed by atoms with E-state index in [2.05, 4.69) is 20.8 Å². The van der Waals surface area contributed by atoms with Crippen LogP contribution >= 0.6 is 0 Å². The SMILES string of the molecule is CC(C)(C)c1ccccc1C(=O)N1CCO[C@@H](CC(=O)O)C1. The highest BCUT2D eigenvalue weighted by atomic mass is 16.5. The second kappa shape index (κ2) is 6.48. The van der Waals surface area contributed by atoms with Crippen molar-refractivity contribution in [2.24, 2.45) is 0 Å². The Morgan fingerprint density at radius 1 is 1.32 bits per heavy atom. The normalized spacial score (nSPS) is 19.0. The second-order valence-electron chi connectivity index (χ2n) is 6.64. The molecule has 0 unspecified atom stereocenters. The van der Waals surface area contributed by atoms with Crippen molar-refractivity contribution in [2.75, 3.05) is 19.7 Å². The Kier molecular flexibility index (Phi) is 4.86. The quantitative estimate of drug-likeness (QED) is 0.930. The molecule has 1 aromatic rings. The fourth-order valence-electron chi connectivity index (χ4n) is 2.72. The van der Waals surface area contributed by atoms with E-state index in [0.717, 1.165) is 5.56 Å². The lowest BCUT2D eigenvalue weighted by Crippen LogP contribution is -2.46. The van der Waals surface area contributed by atoms with Gasteiger partial charge in [-0.05, 0) is 17.0 Å². The van der Waals surface area contributed by atoms with Crippen LogP contribution in [-0.4, -0.2) is 47.7 Å². The first kappa shape index (κ1) is 16.5. The predicted molar refractivity (Wildman–Crippen MR) is 83.0 cm³/mol. The number of aliphatic carboxylic acids is 1. The number of ether oxygens (including phenoxy) is 1. The van der Waals surface area contributed by atoms with Crippen LogP contribution in [0.25, 0.3) is 0 Å². The summed E-state index contributed by atoms with van der Waals surface area (Å²) in [6.07, 6.45) is -0.512. The number of rotatable bonds is 3. The van der Waals surface area contributed by atoms with Crippen LogP contribution < -0.4 is 0 Å². The summed E-state index contributed by atoms with van der Waals surface area (Å²) >= 11 is 0. The zero-order chi connectivity index (χ0) is 16.3. The smallest absolute Gasteiger partial charge is 0.306 e. The number of benzene rings is 1. The molecule has 5 nitrogen and oxygen atoms in total. The van der Waals surface area contributed by atoms with E-state index < -0.39 is 12.1 Å². The van der Waals surface area contributed by atoms with E-state index in [1.165, 1.54) is 0 Å². The summed E-state index contributed by atoms with van der Waals surface area (Å²) in [4.78, 5) is 25.3. The molecule has 2 rings (SSSR count). The van der Waals surface area contributed by atoms with Crippen LogP contribution in [0.5, 0.6) is 0 Å². The van der Waals surface area contributed by atoms with Gasteiger partial charge < -0.3 is 14.7 Å². The fraction of sp³-hybridized carbons (Fsp3) is 0.529. The van der Waals surface area contributed by atoms with Crippen molar-refractivity contribution in [3.05, 3.63) is 35.4 Å². The molecule has 1 aromatic carbocycles. The summed E-state index contributed by atoms with van der Waals surface area (Å²) in [7, 11) is 0. The van der Waals surface area contributed by atoms with Gasteiger partial charge in [-0.15, -0.1) is 0 Å². The third-order valence-corrected chi connectivity index (χ3v) is 3.79. The van der Waals surface area contributed by atoms with E-state index in [1.807, 2.05) is 24.3 Å². The molecule has 0 aromatic heterocycles. The van der Waals surface area contributed by atoms with Crippen LogP contribution in [0.2, 0.25) is 0 Å². The van der Waals surface area contributed by atoms with Gasteiger partial charge in [-0.3, -0.25) is 9.59 Å². The Bertz CT molecular complexity index is 562.